The summed E-state index contributed by atoms with van der Waals surface area (Å²) < 4.78 is 10.9. The van der Waals surface area contributed by atoms with Gasteiger partial charge < -0.3 is 9.47 Å². The van der Waals surface area contributed by atoms with Crippen LogP contribution in [0.25, 0.3) is 10.9 Å². The molecule has 0 aliphatic rings. The highest BCUT2D eigenvalue weighted by Gasteiger charge is 2.14. The number of aryl methyl sites for hydroxylation is 1. The minimum absolute atomic E-state index is 0.186. The fourth-order valence-corrected chi connectivity index (χ4v) is 3.30. The Kier molecular flexibility index (Phi) is 7.78. The molecule has 0 atom stereocenters. The van der Waals surface area contributed by atoms with Crippen LogP contribution in [0.3, 0.4) is 0 Å². The summed E-state index contributed by atoms with van der Waals surface area (Å²) in [4.78, 5) is 21.2. The number of alkyl halides is 1. The molecule has 8 heteroatoms. The van der Waals surface area contributed by atoms with E-state index in [1.807, 2.05) is 37.3 Å². The molecule has 1 aromatic carbocycles. The number of hydrogen-bond acceptors (Lipinski definition) is 6. The Morgan fingerprint density at radius 2 is 2.03 bits per heavy atom. The monoisotopic (exact) mass is 440 g/mol. The summed E-state index contributed by atoms with van der Waals surface area (Å²) in [6.07, 6.45) is 3.07. The van der Waals surface area contributed by atoms with Crippen LogP contribution in [0.4, 0.5) is 0 Å². The van der Waals surface area contributed by atoms with E-state index in [2.05, 4.69) is 20.5 Å². The molecule has 0 radical (unpaired) electrons. The van der Waals surface area contributed by atoms with E-state index in [-0.39, 0.29) is 5.91 Å². The van der Waals surface area contributed by atoms with Crippen LogP contribution in [0.15, 0.2) is 47.7 Å². The minimum Gasteiger partial charge on any atom is -0.497 e. The van der Waals surface area contributed by atoms with E-state index in [9.17, 15) is 4.79 Å². The van der Waals surface area contributed by atoms with Crippen LogP contribution in [-0.4, -0.2) is 41.7 Å². The van der Waals surface area contributed by atoms with Crippen molar-refractivity contribution < 1.29 is 14.3 Å². The Bertz CT molecular complexity index is 1100. The van der Waals surface area contributed by atoms with Crippen LogP contribution in [0.5, 0.6) is 11.5 Å². The highest BCUT2D eigenvalue weighted by atomic mass is 35.5. The van der Waals surface area contributed by atoms with Gasteiger partial charge in [-0.25, -0.2) is 5.43 Å². The van der Waals surface area contributed by atoms with Gasteiger partial charge >= 0.3 is 0 Å². The standard InChI is InChI=1S/C23H25ClN4O3/c1-15-6-4-7-19(26-15)20(27-28-22(29)8-5-10-24)12-16-9-11-25-23-18(16)13-17(30-2)14-21(23)31-3/h4,6-7,9,11,13-14H,5,8,10,12H2,1-3H3,(H,28,29). The van der Waals surface area contributed by atoms with Crippen LogP contribution in [0, 0.1) is 6.92 Å². The minimum atomic E-state index is -0.186. The molecule has 0 bridgehead atoms. The Morgan fingerprint density at radius 1 is 1.19 bits per heavy atom. The number of benzene rings is 1. The van der Waals surface area contributed by atoms with Crippen molar-refractivity contribution in [3.63, 3.8) is 0 Å². The molecule has 0 aliphatic carbocycles. The lowest BCUT2D eigenvalue weighted by Crippen LogP contribution is -2.21. The molecule has 7 nitrogen and oxygen atoms in total. The molecule has 1 amide bonds. The molecule has 2 aromatic heterocycles. The van der Waals surface area contributed by atoms with Gasteiger partial charge in [0.25, 0.3) is 0 Å². The first-order valence-corrected chi connectivity index (χ1v) is 10.4. The zero-order valence-corrected chi connectivity index (χ0v) is 18.6. The van der Waals surface area contributed by atoms with Crippen LogP contribution < -0.4 is 14.9 Å². The number of hydrazone groups is 1. The van der Waals surface area contributed by atoms with Gasteiger partial charge in [-0.1, -0.05) is 6.07 Å². The molecule has 31 heavy (non-hydrogen) atoms. The molecule has 1 N–H and O–H groups in total. The van der Waals surface area contributed by atoms with Crippen molar-refractivity contribution >= 4 is 34.1 Å². The average Bonchev–Trinajstić information content (AvgIpc) is 2.79. The molecule has 0 saturated carbocycles. The smallest absolute Gasteiger partial charge is 0.240 e. The predicted molar refractivity (Wildman–Crippen MR) is 122 cm³/mol. The summed E-state index contributed by atoms with van der Waals surface area (Å²) in [6, 6.07) is 11.3. The van der Waals surface area contributed by atoms with Gasteiger partial charge in [-0.3, -0.25) is 14.8 Å². The summed E-state index contributed by atoms with van der Waals surface area (Å²) in [5.74, 6) is 1.53. The SMILES string of the molecule is COc1cc(OC)c2nccc(CC(=NNC(=O)CCCCl)c3cccc(C)n3)c2c1. The molecule has 162 valence electrons. The fraction of sp³-hybridized carbons (Fsp3) is 0.304. The molecule has 3 rings (SSSR count). The lowest BCUT2D eigenvalue weighted by atomic mass is 10.0. The van der Waals surface area contributed by atoms with E-state index < -0.39 is 0 Å². The predicted octanol–water partition coefficient (Wildman–Crippen LogP) is 4.04. The maximum Gasteiger partial charge on any atom is 0.240 e. The maximum atomic E-state index is 12.1. The van der Waals surface area contributed by atoms with Gasteiger partial charge in [0.1, 0.15) is 17.0 Å². The number of rotatable bonds is 9. The molecule has 2 heterocycles. The molecule has 0 fully saturated rings. The number of pyridine rings is 2. The Hall–Kier alpha value is -3.19. The first kappa shape index (κ1) is 22.5. The Morgan fingerprint density at radius 3 is 2.74 bits per heavy atom. The topological polar surface area (TPSA) is 85.7 Å². The van der Waals surface area contributed by atoms with Gasteiger partial charge in [0, 0.05) is 42.1 Å². The van der Waals surface area contributed by atoms with E-state index in [4.69, 9.17) is 21.1 Å². The summed E-state index contributed by atoms with van der Waals surface area (Å²) >= 11 is 5.68. The average molecular weight is 441 g/mol. The summed E-state index contributed by atoms with van der Waals surface area (Å²) in [5, 5.41) is 5.29. The Labute approximate surface area is 186 Å². The third-order valence-corrected chi connectivity index (χ3v) is 4.99. The second-order valence-electron chi connectivity index (χ2n) is 6.92. The van der Waals surface area contributed by atoms with Gasteiger partial charge in [0.2, 0.25) is 5.91 Å². The van der Waals surface area contributed by atoms with Gasteiger partial charge in [-0.05, 0) is 43.2 Å². The summed E-state index contributed by atoms with van der Waals surface area (Å²) in [6.45, 7) is 1.91. The number of halogens is 1. The van der Waals surface area contributed by atoms with E-state index in [1.165, 1.54) is 0 Å². The second kappa shape index (κ2) is 10.7. The van der Waals surface area contributed by atoms with Crippen LogP contribution in [0.2, 0.25) is 0 Å². The van der Waals surface area contributed by atoms with Crippen molar-refractivity contribution in [2.24, 2.45) is 5.10 Å². The van der Waals surface area contributed by atoms with E-state index in [0.29, 0.717) is 48.0 Å². The number of carbonyl (C=O) groups excluding carboxylic acids is 1. The number of fused-ring (bicyclic) bond motifs is 1. The molecular formula is C23H25ClN4O3. The number of methoxy groups -OCH3 is 2. The molecule has 0 aliphatic heterocycles. The second-order valence-corrected chi connectivity index (χ2v) is 7.30. The van der Waals surface area contributed by atoms with Crippen LogP contribution in [-0.2, 0) is 11.2 Å². The van der Waals surface area contributed by atoms with E-state index in [0.717, 1.165) is 22.2 Å². The zero-order valence-electron chi connectivity index (χ0n) is 17.8. The normalized spacial score (nSPS) is 11.4. The first-order chi connectivity index (χ1) is 15.0. The number of nitrogens with one attached hydrogen (secondary N) is 1. The van der Waals surface area contributed by atoms with Crippen molar-refractivity contribution in [2.75, 3.05) is 20.1 Å². The third-order valence-electron chi connectivity index (χ3n) is 4.72. The van der Waals surface area contributed by atoms with Crippen LogP contribution in [0.1, 0.15) is 29.8 Å². The number of hydrogen-bond donors (Lipinski definition) is 1. The molecule has 3 aromatic rings. The van der Waals surface area contributed by atoms with E-state index in [1.54, 1.807) is 26.5 Å². The van der Waals surface area contributed by atoms with Crippen LogP contribution >= 0.6 is 11.6 Å². The highest BCUT2D eigenvalue weighted by molar-refractivity contribution is 6.17. The van der Waals surface area contributed by atoms with Gasteiger partial charge in [0.15, 0.2) is 0 Å². The fourth-order valence-electron chi connectivity index (χ4n) is 3.16. The Balaban J connectivity index is 2.03. The molecular weight excluding hydrogens is 416 g/mol. The lowest BCUT2D eigenvalue weighted by molar-refractivity contribution is -0.121. The largest absolute Gasteiger partial charge is 0.497 e. The van der Waals surface area contributed by atoms with Crippen molar-refractivity contribution in [2.45, 2.75) is 26.2 Å². The molecule has 0 unspecified atom stereocenters. The number of ether oxygens (including phenoxy) is 2. The number of amides is 1. The molecule has 0 saturated heterocycles. The van der Waals surface area contributed by atoms with Gasteiger partial charge in [-0.2, -0.15) is 5.10 Å². The lowest BCUT2D eigenvalue weighted by Gasteiger charge is -2.13. The van der Waals surface area contributed by atoms with Gasteiger partial charge in [0.05, 0.1) is 25.6 Å². The van der Waals surface area contributed by atoms with E-state index >= 15 is 0 Å². The zero-order chi connectivity index (χ0) is 22.2. The van der Waals surface area contributed by atoms with Crippen molar-refractivity contribution in [1.29, 1.82) is 0 Å². The molecule has 0 spiro atoms. The number of nitrogens with zero attached hydrogens (tertiary/aromatic N) is 3. The quantitative estimate of drug-likeness (QED) is 0.308. The van der Waals surface area contributed by atoms with Crippen molar-refractivity contribution in [1.82, 2.24) is 15.4 Å². The number of carbonyl (C=O) groups is 1. The highest BCUT2D eigenvalue weighted by Crippen LogP contribution is 2.32. The summed E-state index contributed by atoms with van der Waals surface area (Å²) in [5.41, 5.74) is 6.51. The summed E-state index contributed by atoms with van der Waals surface area (Å²) in [7, 11) is 3.21. The first-order valence-electron chi connectivity index (χ1n) is 9.90. The third kappa shape index (κ3) is 5.70. The maximum absolute atomic E-state index is 12.1. The van der Waals surface area contributed by atoms with Crippen molar-refractivity contribution in [3.05, 3.63) is 59.5 Å². The van der Waals surface area contributed by atoms with Crippen molar-refractivity contribution in [3.8, 4) is 11.5 Å². The van der Waals surface area contributed by atoms with Gasteiger partial charge in [-0.15, -0.1) is 11.6 Å². The number of aromatic nitrogens is 2.